The molecule has 10 rings (SSSR count). The number of thiol groups is 1. The standard InChI is InChI=1S/C54H40N8S2/c55-51-47(59(39-19-7-1-8-20-39)40-21-9-2-10-22-40)35-36-48(52(51)56-63)61(43-27-15-5-16-28-43)45-31-33-46(34-32-45)62(44-29-17-6-18-30-44)50-38-37-49(53-54(50)58-64-57-53)60(41-23-11-3-12-24-41)42-25-13-4-14-26-42/h1-38,55,63H/p+1/b55-51?,56-52-. The number of benzene rings is 8. The molecule has 308 valence electrons. The summed E-state index contributed by atoms with van der Waals surface area (Å²) in [5, 5.41) is 7.16. The lowest BCUT2D eigenvalue weighted by Gasteiger charge is -2.33. The number of aromatic nitrogens is 2. The van der Waals surface area contributed by atoms with Crippen molar-refractivity contribution in [1.82, 2.24) is 8.75 Å². The van der Waals surface area contributed by atoms with Gasteiger partial charge in [0.25, 0.3) is 0 Å². The van der Waals surface area contributed by atoms with Crippen LogP contribution >= 0.6 is 24.5 Å². The van der Waals surface area contributed by atoms with Crippen LogP contribution in [-0.2, 0) is 0 Å². The molecule has 0 fully saturated rings. The summed E-state index contributed by atoms with van der Waals surface area (Å²) in [4.78, 5) is 8.78. The third kappa shape index (κ3) is 7.72. The average Bonchev–Trinajstić information content (AvgIpc) is 3.87. The van der Waals surface area contributed by atoms with Gasteiger partial charge in [-0.05, 0) is 134 Å². The molecule has 0 aliphatic heterocycles. The molecule has 0 saturated carbocycles. The van der Waals surface area contributed by atoms with Crippen molar-refractivity contribution < 1.29 is 5.41 Å². The van der Waals surface area contributed by atoms with Crippen LogP contribution in [0.5, 0.6) is 0 Å². The van der Waals surface area contributed by atoms with Crippen molar-refractivity contribution >= 4 is 104 Å². The highest BCUT2D eigenvalue weighted by Crippen LogP contribution is 2.45. The molecule has 0 spiro atoms. The van der Waals surface area contributed by atoms with E-state index >= 15 is 0 Å². The van der Waals surface area contributed by atoms with E-state index < -0.39 is 0 Å². The summed E-state index contributed by atoms with van der Waals surface area (Å²) in [5.41, 5.74) is 13.9. The minimum Gasteiger partial charge on any atom is -0.308 e. The molecule has 0 amide bonds. The highest BCUT2D eigenvalue weighted by molar-refractivity contribution is 7.79. The number of nitrogens with zero attached hydrogens (tertiary/aromatic N) is 7. The summed E-state index contributed by atoms with van der Waals surface area (Å²) in [6.45, 7) is 0. The van der Waals surface area contributed by atoms with E-state index in [4.69, 9.17) is 14.2 Å². The number of anilines is 10. The van der Waals surface area contributed by atoms with Gasteiger partial charge in [0.2, 0.25) is 5.71 Å². The lowest BCUT2D eigenvalue weighted by molar-refractivity contribution is -0.109. The second kappa shape index (κ2) is 18.1. The Labute approximate surface area is 382 Å². The van der Waals surface area contributed by atoms with Crippen LogP contribution < -0.4 is 25.0 Å². The maximum atomic E-state index is 7.16. The molecule has 0 bridgehead atoms. The summed E-state index contributed by atoms with van der Waals surface area (Å²) in [7, 11) is 0. The first-order chi connectivity index (χ1) is 31.7. The van der Waals surface area contributed by atoms with E-state index in [-0.39, 0.29) is 0 Å². The topological polar surface area (TPSA) is 76.7 Å². The van der Waals surface area contributed by atoms with Gasteiger partial charge in [0, 0.05) is 45.5 Å². The molecular weight excluding hydrogens is 825 g/mol. The molecular formula is C54H41N8S2+. The van der Waals surface area contributed by atoms with Gasteiger partial charge in [0.15, 0.2) is 5.71 Å². The first-order valence-corrected chi connectivity index (χ1v) is 21.9. The fourth-order valence-electron chi connectivity index (χ4n) is 8.19. The van der Waals surface area contributed by atoms with Gasteiger partial charge in [-0.25, -0.2) is 4.40 Å². The molecule has 2 N–H and O–H groups in total. The number of hydrogen-bond acceptors (Lipinski definition) is 9. The van der Waals surface area contributed by atoms with Crippen molar-refractivity contribution in [2.24, 2.45) is 4.40 Å². The van der Waals surface area contributed by atoms with E-state index in [0.29, 0.717) is 11.4 Å². The number of hydrogen-bond donors (Lipinski definition) is 2. The summed E-state index contributed by atoms with van der Waals surface area (Å²) >= 11 is 5.76. The Kier molecular flexibility index (Phi) is 11.3. The monoisotopic (exact) mass is 865 g/mol. The average molecular weight is 866 g/mol. The third-order valence-corrected chi connectivity index (χ3v) is 11.8. The van der Waals surface area contributed by atoms with Crippen LogP contribution in [0, 0.1) is 0 Å². The van der Waals surface area contributed by atoms with Crippen molar-refractivity contribution in [2.45, 2.75) is 0 Å². The van der Waals surface area contributed by atoms with Crippen LogP contribution in [0.1, 0.15) is 0 Å². The summed E-state index contributed by atoms with van der Waals surface area (Å²) in [6.07, 6.45) is 4.13. The zero-order valence-electron chi connectivity index (χ0n) is 34.5. The molecule has 1 aliphatic rings. The number of nitrogens with two attached hydrogens (primary N) is 1. The van der Waals surface area contributed by atoms with Gasteiger partial charge < -0.3 is 19.6 Å². The Morgan fingerprint density at radius 2 is 0.641 bits per heavy atom. The highest BCUT2D eigenvalue weighted by atomic mass is 32.1. The molecule has 10 heteroatoms. The Hall–Kier alpha value is -8.05. The fraction of sp³-hybridized carbons (Fsp3) is 0. The van der Waals surface area contributed by atoms with Crippen LogP contribution in [0.3, 0.4) is 0 Å². The molecule has 0 unspecified atom stereocenters. The van der Waals surface area contributed by atoms with Crippen LogP contribution in [0.4, 0.5) is 56.9 Å². The SMILES string of the molecule is [NH2+]=C1C(N(c2ccccc2)c2ccccc2)=CC=C(N(c2ccccc2)c2ccc(N(c3ccccc3)c3ccc(N(c4ccccc4)c4ccccc4)c4nsnc34)cc2)/C1=N/S. The lowest BCUT2D eigenvalue weighted by Crippen LogP contribution is -2.52. The zero-order valence-corrected chi connectivity index (χ0v) is 36.2. The number of para-hydroxylation sites is 6. The number of fused-ring (bicyclic) bond motifs is 1. The highest BCUT2D eigenvalue weighted by Gasteiger charge is 2.34. The molecule has 1 aliphatic carbocycles. The van der Waals surface area contributed by atoms with Crippen LogP contribution in [0.15, 0.2) is 246 Å². The molecule has 1 heterocycles. The quantitative estimate of drug-likeness (QED) is 0.0941. The Bertz CT molecular complexity index is 3050. The molecule has 8 nitrogen and oxygen atoms in total. The van der Waals surface area contributed by atoms with Crippen molar-refractivity contribution in [3.8, 4) is 0 Å². The second-order valence-electron chi connectivity index (χ2n) is 14.9. The maximum absolute atomic E-state index is 7.16. The summed E-state index contributed by atoms with van der Waals surface area (Å²) < 4.78 is 14.4. The maximum Gasteiger partial charge on any atom is 0.249 e. The van der Waals surface area contributed by atoms with E-state index in [0.717, 1.165) is 79.3 Å². The zero-order chi connectivity index (χ0) is 43.2. The second-order valence-corrected chi connectivity index (χ2v) is 15.6. The van der Waals surface area contributed by atoms with E-state index in [1.807, 2.05) is 72.8 Å². The largest absolute Gasteiger partial charge is 0.308 e. The summed E-state index contributed by atoms with van der Waals surface area (Å²) in [5.74, 6) is 0. The molecule has 8 aromatic carbocycles. The number of allylic oxidation sites excluding steroid dienone is 4. The van der Waals surface area contributed by atoms with Gasteiger partial charge in [-0.15, -0.1) is 0 Å². The van der Waals surface area contributed by atoms with Crippen molar-refractivity contribution in [3.05, 3.63) is 242 Å². The van der Waals surface area contributed by atoms with Gasteiger partial charge in [0.05, 0.1) is 28.8 Å². The first-order valence-electron chi connectivity index (χ1n) is 20.8. The van der Waals surface area contributed by atoms with Gasteiger partial charge in [0.1, 0.15) is 16.7 Å². The van der Waals surface area contributed by atoms with E-state index in [2.05, 4.69) is 195 Å². The van der Waals surface area contributed by atoms with Gasteiger partial charge in [-0.3, -0.25) is 5.41 Å². The van der Waals surface area contributed by atoms with E-state index in [1.165, 1.54) is 11.7 Å². The minimum atomic E-state index is 0.496. The smallest absolute Gasteiger partial charge is 0.249 e. The molecule has 0 atom stereocenters. The first kappa shape index (κ1) is 40.0. The molecule has 64 heavy (non-hydrogen) atoms. The van der Waals surface area contributed by atoms with Crippen molar-refractivity contribution in [3.63, 3.8) is 0 Å². The molecule has 0 saturated heterocycles. The van der Waals surface area contributed by atoms with Crippen LogP contribution in [-0.4, -0.2) is 20.2 Å². The van der Waals surface area contributed by atoms with E-state index in [1.54, 1.807) is 0 Å². The predicted molar refractivity (Wildman–Crippen MR) is 270 cm³/mol. The van der Waals surface area contributed by atoms with Crippen LogP contribution in [0.2, 0.25) is 0 Å². The van der Waals surface area contributed by atoms with Gasteiger partial charge in [-0.2, -0.15) is 8.75 Å². The van der Waals surface area contributed by atoms with Crippen LogP contribution in [0.25, 0.3) is 11.0 Å². The number of rotatable bonds is 12. The van der Waals surface area contributed by atoms with E-state index in [9.17, 15) is 0 Å². The molecule has 1 aromatic heterocycles. The van der Waals surface area contributed by atoms with Crippen molar-refractivity contribution in [1.29, 1.82) is 0 Å². The third-order valence-electron chi connectivity index (χ3n) is 11.1. The minimum absolute atomic E-state index is 0.496. The normalized spacial score (nSPS) is 13.0. The summed E-state index contributed by atoms with van der Waals surface area (Å²) in [6, 6.07) is 74.6. The Morgan fingerprint density at radius 1 is 0.359 bits per heavy atom. The van der Waals surface area contributed by atoms with Gasteiger partial charge >= 0.3 is 0 Å². The van der Waals surface area contributed by atoms with Gasteiger partial charge in [-0.1, -0.05) is 109 Å². The molecule has 0 radical (unpaired) electrons. The lowest BCUT2D eigenvalue weighted by atomic mass is 9.98. The molecule has 9 aromatic rings. The predicted octanol–water partition coefficient (Wildman–Crippen LogP) is 12.9. The Balaban J connectivity index is 1.07. The van der Waals surface area contributed by atoms with Crippen molar-refractivity contribution in [2.75, 3.05) is 19.6 Å². The Morgan fingerprint density at radius 3 is 0.984 bits per heavy atom. The fourth-order valence-corrected chi connectivity index (χ4v) is 8.96.